The average Bonchev–Trinajstić information content (AvgIpc) is 3.41. The molecule has 30 heavy (non-hydrogen) atoms. The number of thiazole rings is 1. The summed E-state index contributed by atoms with van der Waals surface area (Å²) in [7, 11) is 1.60. The van der Waals surface area contributed by atoms with Crippen molar-refractivity contribution in [2.75, 3.05) is 7.11 Å². The molecule has 0 unspecified atom stereocenters. The summed E-state index contributed by atoms with van der Waals surface area (Å²) in [6.45, 7) is 0. The van der Waals surface area contributed by atoms with Crippen LogP contribution in [0.2, 0.25) is 0 Å². The van der Waals surface area contributed by atoms with E-state index in [-0.39, 0.29) is 0 Å². The van der Waals surface area contributed by atoms with E-state index in [4.69, 9.17) is 9.15 Å². The van der Waals surface area contributed by atoms with Crippen molar-refractivity contribution in [3.63, 3.8) is 0 Å². The van der Waals surface area contributed by atoms with Crippen LogP contribution in [0.3, 0.4) is 0 Å². The number of alkyl halides is 3. The van der Waals surface area contributed by atoms with Gasteiger partial charge in [-0.3, -0.25) is 0 Å². The molecule has 10 heteroatoms. The first-order valence-corrected chi connectivity index (χ1v) is 10.5. The van der Waals surface area contributed by atoms with Gasteiger partial charge in [-0.05, 0) is 36.4 Å². The molecule has 0 bridgehead atoms. The fourth-order valence-electron chi connectivity index (χ4n) is 2.56. The first kappa shape index (κ1) is 20.4. The van der Waals surface area contributed by atoms with Crippen LogP contribution in [-0.4, -0.2) is 22.3 Å². The van der Waals surface area contributed by atoms with E-state index >= 15 is 0 Å². The van der Waals surface area contributed by atoms with E-state index in [0.717, 1.165) is 29.1 Å². The molecule has 0 aliphatic heterocycles. The van der Waals surface area contributed by atoms with Gasteiger partial charge in [-0.15, -0.1) is 21.5 Å². The smallest absolute Gasteiger partial charge is 0.416 e. The normalized spacial score (nSPS) is 11.6. The summed E-state index contributed by atoms with van der Waals surface area (Å²) < 4.78 is 48.9. The molecule has 0 saturated carbocycles. The van der Waals surface area contributed by atoms with Crippen LogP contribution in [0.15, 0.2) is 63.6 Å². The van der Waals surface area contributed by atoms with Crippen molar-refractivity contribution in [3.05, 3.63) is 65.2 Å². The van der Waals surface area contributed by atoms with Crippen LogP contribution in [0.25, 0.3) is 22.0 Å². The van der Waals surface area contributed by atoms with Gasteiger partial charge in [0.15, 0.2) is 0 Å². The van der Waals surface area contributed by atoms with Gasteiger partial charge in [-0.1, -0.05) is 23.9 Å². The Kier molecular flexibility index (Phi) is 5.78. The van der Waals surface area contributed by atoms with Crippen molar-refractivity contribution in [1.29, 1.82) is 0 Å². The Labute approximate surface area is 177 Å². The van der Waals surface area contributed by atoms with Crippen molar-refractivity contribution in [3.8, 4) is 27.8 Å². The molecule has 154 valence electrons. The quantitative estimate of drug-likeness (QED) is 0.328. The second kappa shape index (κ2) is 8.49. The van der Waals surface area contributed by atoms with Gasteiger partial charge < -0.3 is 9.15 Å². The van der Waals surface area contributed by atoms with E-state index in [1.807, 2.05) is 29.6 Å². The van der Waals surface area contributed by atoms with E-state index in [1.54, 1.807) is 7.11 Å². The number of thioether (sulfide) groups is 1. The summed E-state index contributed by atoms with van der Waals surface area (Å²) in [5.74, 6) is 1.64. The Morgan fingerprint density at radius 3 is 2.37 bits per heavy atom. The number of hydrogen-bond acceptors (Lipinski definition) is 7. The Morgan fingerprint density at radius 1 is 1.00 bits per heavy atom. The summed E-state index contributed by atoms with van der Waals surface area (Å²) in [6.07, 6.45) is -4.35. The first-order chi connectivity index (χ1) is 14.4. The molecule has 0 aliphatic rings. The highest BCUT2D eigenvalue weighted by molar-refractivity contribution is 7.98. The van der Waals surface area contributed by atoms with Gasteiger partial charge in [-0.2, -0.15) is 13.2 Å². The maximum atomic E-state index is 12.7. The van der Waals surface area contributed by atoms with E-state index in [9.17, 15) is 13.2 Å². The van der Waals surface area contributed by atoms with Crippen molar-refractivity contribution in [2.45, 2.75) is 17.2 Å². The summed E-state index contributed by atoms with van der Waals surface area (Å²) in [5, 5.41) is 11.0. The lowest BCUT2D eigenvalue weighted by atomic mass is 10.1. The lowest BCUT2D eigenvalue weighted by Crippen LogP contribution is -2.03. The maximum absolute atomic E-state index is 12.7. The van der Waals surface area contributed by atoms with Crippen molar-refractivity contribution >= 4 is 23.1 Å². The van der Waals surface area contributed by atoms with Crippen LogP contribution in [0.1, 0.15) is 11.3 Å². The highest BCUT2D eigenvalue weighted by Crippen LogP contribution is 2.33. The third-order valence-electron chi connectivity index (χ3n) is 4.10. The molecular weight excluding hydrogens is 435 g/mol. The Bertz CT molecular complexity index is 1120. The molecular formula is C20H14F3N3O2S2. The zero-order valence-corrected chi connectivity index (χ0v) is 17.1. The number of aromatic nitrogens is 3. The van der Waals surface area contributed by atoms with Gasteiger partial charge in [0.2, 0.25) is 5.89 Å². The van der Waals surface area contributed by atoms with Crippen LogP contribution >= 0.6 is 23.1 Å². The third kappa shape index (κ3) is 4.65. The van der Waals surface area contributed by atoms with Crippen LogP contribution in [-0.2, 0) is 11.9 Å². The second-order valence-corrected chi connectivity index (χ2v) is 7.89. The maximum Gasteiger partial charge on any atom is 0.416 e. The van der Waals surface area contributed by atoms with E-state index in [2.05, 4.69) is 15.2 Å². The summed E-state index contributed by atoms with van der Waals surface area (Å²) in [6, 6.07) is 12.3. The molecule has 0 N–H and O–H groups in total. The van der Waals surface area contributed by atoms with Crippen molar-refractivity contribution in [2.24, 2.45) is 0 Å². The number of nitrogens with zero attached hydrogens (tertiary/aromatic N) is 3. The standard InChI is InChI=1S/C20H14F3N3O2S2/c1-27-16-8-4-12(5-9-16)17-25-26-19(28-17)30-11-15-10-29-18(24-15)13-2-6-14(7-3-13)20(21,22)23/h2-10H,11H2,1H3. The van der Waals surface area contributed by atoms with Gasteiger partial charge in [-0.25, -0.2) is 4.98 Å². The molecule has 2 heterocycles. The lowest BCUT2D eigenvalue weighted by molar-refractivity contribution is -0.137. The predicted molar refractivity (Wildman–Crippen MR) is 108 cm³/mol. The number of hydrogen-bond donors (Lipinski definition) is 0. The average molecular weight is 449 g/mol. The molecule has 0 radical (unpaired) electrons. The van der Waals surface area contributed by atoms with Crippen LogP contribution in [0, 0.1) is 0 Å². The van der Waals surface area contributed by atoms with Crippen LogP contribution in [0.5, 0.6) is 5.75 Å². The number of methoxy groups -OCH3 is 1. The number of rotatable bonds is 6. The molecule has 0 spiro atoms. The predicted octanol–water partition coefficient (Wildman–Crippen LogP) is 6.18. The number of benzene rings is 2. The van der Waals surface area contributed by atoms with Crippen molar-refractivity contribution in [1.82, 2.24) is 15.2 Å². The van der Waals surface area contributed by atoms with E-state index < -0.39 is 11.7 Å². The minimum absolute atomic E-state index is 0.406. The summed E-state index contributed by atoms with van der Waals surface area (Å²) in [4.78, 5) is 4.48. The minimum Gasteiger partial charge on any atom is -0.497 e. The molecule has 0 atom stereocenters. The lowest BCUT2D eigenvalue weighted by Gasteiger charge is -2.06. The van der Waals surface area contributed by atoms with Gasteiger partial charge in [0.25, 0.3) is 5.22 Å². The fourth-order valence-corrected chi connectivity index (χ4v) is 4.15. The van der Waals surface area contributed by atoms with Gasteiger partial charge >= 0.3 is 6.18 Å². The Hall–Kier alpha value is -2.85. The van der Waals surface area contributed by atoms with E-state index in [0.29, 0.717) is 27.4 Å². The molecule has 0 aliphatic carbocycles. The Balaban J connectivity index is 1.39. The van der Waals surface area contributed by atoms with E-state index in [1.165, 1.54) is 35.2 Å². The molecule has 2 aromatic carbocycles. The monoisotopic (exact) mass is 449 g/mol. The van der Waals surface area contributed by atoms with Gasteiger partial charge in [0.05, 0.1) is 18.4 Å². The summed E-state index contributed by atoms with van der Waals surface area (Å²) >= 11 is 2.71. The molecule has 0 amide bonds. The molecule has 0 saturated heterocycles. The number of halogens is 3. The molecule has 0 fully saturated rings. The SMILES string of the molecule is COc1ccc(-c2nnc(SCc3csc(-c4ccc(C(F)(F)F)cc4)n3)o2)cc1. The largest absolute Gasteiger partial charge is 0.497 e. The first-order valence-electron chi connectivity index (χ1n) is 8.65. The second-order valence-electron chi connectivity index (χ2n) is 6.11. The highest BCUT2D eigenvalue weighted by Gasteiger charge is 2.30. The van der Waals surface area contributed by atoms with Gasteiger partial charge in [0, 0.05) is 22.3 Å². The number of ether oxygens (including phenoxy) is 1. The van der Waals surface area contributed by atoms with Crippen LogP contribution in [0.4, 0.5) is 13.2 Å². The Morgan fingerprint density at radius 2 is 1.70 bits per heavy atom. The fraction of sp³-hybridized carbons (Fsp3) is 0.150. The third-order valence-corrected chi connectivity index (χ3v) is 5.89. The zero-order chi connectivity index (χ0) is 21.1. The van der Waals surface area contributed by atoms with Gasteiger partial charge in [0.1, 0.15) is 10.8 Å². The minimum atomic E-state index is -4.35. The highest BCUT2D eigenvalue weighted by atomic mass is 32.2. The molecule has 4 aromatic rings. The van der Waals surface area contributed by atoms with Crippen LogP contribution < -0.4 is 4.74 Å². The topological polar surface area (TPSA) is 61.0 Å². The molecule has 4 rings (SSSR count). The molecule has 2 aromatic heterocycles. The zero-order valence-electron chi connectivity index (χ0n) is 15.5. The summed E-state index contributed by atoms with van der Waals surface area (Å²) in [5.41, 5.74) is 1.53. The molecule has 5 nitrogen and oxygen atoms in total. The van der Waals surface area contributed by atoms with Crippen molar-refractivity contribution < 1.29 is 22.3 Å².